The number of ether oxygens (including phenoxy) is 2. The Morgan fingerprint density at radius 1 is 1.38 bits per heavy atom. The van der Waals surface area contributed by atoms with E-state index in [0.717, 1.165) is 59.4 Å². The third-order valence-electron chi connectivity index (χ3n) is 5.55. The Balaban J connectivity index is 1.59. The summed E-state index contributed by atoms with van der Waals surface area (Å²) in [5.74, 6) is 1.32. The lowest BCUT2D eigenvalue weighted by molar-refractivity contribution is -0.119. The Hall–Kier alpha value is -3.29. The Labute approximate surface area is 168 Å². The van der Waals surface area contributed by atoms with Crippen LogP contribution in [0.2, 0.25) is 0 Å². The fourth-order valence-corrected chi connectivity index (χ4v) is 3.96. The summed E-state index contributed by atoms with van der Waals surface area (Å²) in [4.78, 5) is 16.2. The Morgan fingerprint density at radius 2 is 2.24 bits per heavy atom. The van der Waals surface area contributed by atoms with Gasteiger partial charge in [-0.2, -0.15) is 5.10 Å². The van der Waals surface area contributed by atoms with Gasteiger partial charge < -0.3 is 20.5 Å². The van der Waals surface area contributed by atoms with Gasteiger partial charge in [-0.15, -0.1) is 0 Å². The van der Waals surface area contributed by atoms with Gasteiger partial charge >= 0.3 is 0 Å². The number of pyridine rings is 1. The molecular formula is C21H23N5O3. The molecule has 0 unspecified atom stereocenters. The highest BCUT2D eigenvalue weighted by Gasteiger charge is 2.35. The molecule has 1 amide bonds. The summed E-state index contributed by atoms with van der Waals surface area (Å²) in [6.45, 7) is 0.635. The van der Waals surface area contributed by atoms with Crippen molar-refractivity contribution in [1.29, 1.82) is 0 Å². The predicted octanol–water partition coefficient (Wildman–Crippen LogP) is 2.43. The molecule has 1 saturated carbocycles. The summed E-state index contributed by atoms with van der Waals surface area (Å²) in [5, 5.41) is 9.13. The number of methoxy groups -OCH3 is 1. The molecular weight excluding hydrogens is 370 g/mol. The highest BCUT2D eigenvalue weighted by Crippen LogP contribution is 2.38. The summed E-state index contributed by atoms with van der Waals surface area (Å²) in [7, 11) is 1.59. The summed E-state index contributed by atoms with van der Waals surface area (Å²) in [6.07, 6.45) is 5.55. The SMILES string of the molecule is COc1ccc(-n2nc3cc(N[C@H](C(N)=O)C4CC4)cc4c3c2CCCO4)cn1. The smallest absolute Gasteiger partial charge is 0.240 e. The van der Waals surface area contributed by atoms with Crippen LogP contribution in [0.3, 0.4) is 0 Å². The van der Waals surface area contributed by atoms with Crippen LogP contribution in [0, 0.1) is 5.92 Å². The van der Waals surface area contributed by atoms with Crippen molar-refractivity contribution in [2.24, 2.45) is 11.7 Å². The van der Waals surface area contributed by atoms with Crippen LogP contribution in [0.15, 0.2) is 30.5 Å². The van der Waals surface area contributed by atoms with E-state index >= 15 is 0 Å². The number of nitrogens with two attached hydrogens (primary N) is 1. The minimum absolute atomic E-state index is 0.307. The van der Waals surface area contributed by atoms with Gasteiger partial charge in [-0.1, -0.05) is 0 Å². The maximum Gasteiger partial charge on any atom is 0.240 e. The van der Waals surface area contributed by atoms with Crippen molar-refractivity contribution in [1.82, 2.24) is 14.8 Å². The highest BCUT2D eigenvalue weighted by molar-refractivity contribution is 5.93. The number of anilines is 1. The average molecular weight is 393 g/mol. The summed E-state index contributed by atoms with van der Waals surface area (Å²) < 4.78 is 13.1. The van der Waals surface area contributed by atoms with E-state index < -0.39 is 0 Å². The molecule has 1 aliphatic heterocycles. The van der Waals surface area contributed by atoms with E-state index in [1.807, 2.05) is 28.9 Å². The van der Waals surface area contributed by atoms with Gasteiger partial charge in [-0.25, -0.2) is 9.67 Å². The van der Waals surface area contributed by atoms with Crippen molar-refractivity contribution in [3.8, 4) is 17.3 Å². The molecule has 29 heavy (non-hydrogen) atoms. The maximum absolute atomic E-state index is 11.9. The highest BCUT2D eigenvalue weighted by atomic mass is 16.5. The van der Waals surface area contributed by atoms with Gasteiger partial charge in [0.2, 0.25) is 11.8 Å². The number of nitrogens with one attached hydrogen (secondary N) is 1. The second-order valence-corrected chi connectivity index (χ2v) is 7.60. The molecule has 5 rings (SSSR count). The van der Waals surface area contributed by atoms with Crippen LogP contribution in [0.5, 0.6) is 11.6 Å². The first kappa shape index (κ1) is 17.8. The van der Waals surface area contributed by atoms with Crippen molar-refractivity contribution < 1.29 is 14.3 Å². The fourth-order valence-electron chi connectivity index (χ4n) is 3.96. The third kappa shape index (κ3) is 3.24. The number of hydrogen-bond acceptors (Lipinski definition) is 6. The van der Waals surface area contributed by atoms with Crippen molar-refractivity contribution in [3.05, 3.63) is 36.2 Å². The van der Waals surface area contributed by atoms with Crippen LogP contribution in [-0.4, -0.2) is 40.4 Å². The molecule has 2 aliphatic rings. The number of nitrogens with zero attached hydrogens (tertiary/aromatic N) is 3. The normalized spacial score (nSPS) is 16.7. The number of benzene rings is 1. The van der Waals surface area contributed by atoms with Gasteiger partial charge in [0.15, 0.2) is 0 Å². The average Bonchev–Trinajstić information content (AvgIpc) is 3.52. The second-order valence-electron chi connectivity index (χ2n) is 7.60. The van der Waals surface area contributed by atoms with E-state index in [1.165, 1.54) is 0 Å². The molecule has 2 aromatic heterocycles. The standard InChI is InChI=1S/C21H23N5O3/c1-28-18-7-6-14(11-23-18)26-16-3-2-8-29-17-10-13(9-15(25-26)19(16)17)24-20(21(22)27)12-4-5-12/h6-7,9-12,20,24H,2-5,8H2,1H3,(H2,22,27)/t20-/m0/s1. The largest absolute Gasteiger partial charge is 0.493 e. The van der Waals surface area contributed by atoms with E-state index in [1.54, 1.807) is 13.3 Å². The first-order valence-electron chi connectivity index (χ1n) is 9.89. The molecule has 1 fully saturated rings. The van der Waals surface area contributed by atoms with Gasteiger partial charge in [0.25, 0.3) is 0 Å². The molecule has 1 atom stereocenters. The molecule has 3 aromatic rings. The molecule has 1 aromatic carbocycles. The van der Waals surface area contributed by atoms with Crippen LogP contribution in [0.1, 0.15) is 25.0 Å². The zero-order valence-electron chi connectivity index (χ0n) is 16.2. The molecule has 8 heteroatoms. The minimum atomic E-state index is -0.363. The lowest BCUT2D eigenvalue weighted by Gasteiger charge is -2.17. The number of primary amides is 1. The van der Waals surface area contributed by atoms with Crippen molar-refractivity contribution in [2.45, 2.75) is 31.7 Å². The van der Waals surface area contributed by atoms with Crippen LogP contribution in [0.25, 0.3) is 16.6 Å². The number of carbonyl (C=O) groups is 1. The van der Waals surface area contributed by atoms with E-state index in [2.05, 4.69) is 10.3 Å². The van der Waals surface area contributed by atoms with E-state index in [0.29, 0.717) is 18.4 Å². The molecule has 0 spiro atoms. The van der Waals surface area contributed by atoms with E-state index in [9.17, 15) is 4.79 Å². The molecule has 3 N–H and O–H groups in total. The number of aromatic nitrogens is 3. The molecule has 8 nitrogen and oxygen atoms in total. The fraction of sp³-hybridized carbons (Fsp3) is 0.381. The molecule has 0 bridgehead atoms. The van der Waals surface area contributed by atoms with Gasteiger partial charge in [0, 0.05) is 17.8 Å². The summed E-state index contributed by atoms with van der Waals surface area (Å²) >= 11 is 0. The lowest BCUT2D eigenvalue weighted by Crippen LogP contribution is -2.37. The van der Waals surface area contributed by atoms with Crippen LogP contribution >= 0.6 is 0 Å². The number of hydrogen-bond donors (Lipinski definition) is 2. The summed E-state index contributed by atoms with van der Waals surface area (Å²) in [6, 6.07) is 7.31. The first-order valence-corrected chi connectivity index (χ1v) is 9.89. The maximum atomic E-state index is 11.9. The monoisotopic (exact) mass is 393 g/mol. The zero-order valence-corrected chi connectivity index (χ0v) is 16.2. The Morgan fingerprint density at radius 3 is 2.93 bits per heavy atom. The van der Waals surface area contributed by atoms with Gasteiger partial charge in [0.1, 0.15) is 11.8 Å². The van der Waals surface area contributed by atoms with Gasteiger partial charge in [-0.3, -0.25) is 4.79 Å². The molecule has 3 heterocycles. The molecule has 0 saturated heterocycles. The summed E-state index contributed by atoms with van der Waals surface area (Å²) in [5.41, 5.74) is 9.18. The van der Waals surface area contributed by atoms with Crippen LogP contribution < -0.4 is 20.5 Å². The van der Waals surface area contributed by atoms with Crippen LogP contribution in [0.4, 0.5) is 5.69 Å². The van der Waals surface area contributed by atoms with Crippen molar-refractivity contribution in [3.63, 3.8) is 0 Å². The lowest BCUT2D eigenvalue weighted by atomic mass is 10.1. The Bertz CT molecular complexity index is 1070. The van der Waals surface area contributed by atoms with E-state index in [-0.39, 0.29) is 11.9 Å². The molecule has 0 radical (unpaired) electrons. The number of amides is 1. The topological polar surface area (TPSA) is 104 Å². The Kier molecular flexibility index (Phi) is 4.26. The second kappa shape index (κ2) is 6.95. The third-order valence-corrected chi connectivity index (χ3v) is 5.55. The number of aryl methyl sites for hydroxylation is 1. The number of rotatable bonds is 6. The quantitative estimate of drug-likeness (QED) is 0.667. The molecule has 1 aliphatic carbocycles. The predicted molar refractivity (Wildman–Crippen MR) is 109 cm³/mol. The van der Waals surface area contributed by atoms with Crippen molar-refractivity contribution in [2.75, 3.05) is 19.0 Å². The van der Waals surface area contributed by atoms with E-state index in [4.69, 9.17) is 20.3 Å². The van der Waals surface area contributed by atoms with Crippen LogP contribution in [-0.2, 0) is 11.2 Å². The van der Waals surface area contributed by atoms with Crippen molar-refractivity contribution >= 4 is 22.5 Å². The number of carbonyl (C=O) groups excluding carboxylic acids is 1. The molecule has 150 valence electrons. The van der Waals surface area contributed by atoms with Gasteiger partial charge in [-0.05, 0) is 43.7 Å². The minimum Gasteiger partial charge on any atom is -0.493 e. The van der Waals surface area contributed by atoms with Gasteiger partial charge in [0.05, 0.1) is 42.2 Å². The first-order chi connectivity index (χ1) is 14.1. The zero-order chi connectivity index (χ0) is 20.0.